The van der Waals surface area contributed by atoms with Crippen LogP contribution >= 0.6 is 0 Å². The quantitative estimate of drug-likeness (QED) is 0.824. The summed E-state index contributed by atoms with van der Waals surface area (Å²) < 4.78 is 55.3. The van der Waals surface area contributed by atoms with Crippen LogP contribution in [0.2, 0.25) is 0 Å². The van der Waals surface area contributed by atoms with Gasteiger partial charge in [-0.2, -0.15) is 0 Å². The third-order valence-corrected chi connectivity index (χ3v) is 6.06. The Labute approximate surface area is 152 Å². The molecule has 8 heteroatoms. The van der Waals surface area contributed by atoms with E-state index in [0.29, 0.717) is 11.4 Å². The number of nitrogens with zero attached hydrogens (tertiary/aromatic N) is 1. The van der Waals surface area contributed by atoms with Crippen molar-refractivity contribution >= 4 is 21.4 Å². The second-order valence-electron chi connectivity index (χ2n) is 6.26. The number of hydrogen-bond donors (Lipinski definition) is 2. The summed E-state index contributed by atoms with van der Waals surface area (Å²) in [6.45, 7) is 6.68. The smallest absolute Gasteiger partial charge is 0.267 e. The van der Waals surface area contributed by atoms with Gasteiger partial charge < -0.3 is 9.80 Å². The maximum atomic E-state index is 13.9. The summed E-state index contributed by atoms with van der Waals surface area (Å²) in [4.78, 5) is 2.62. The van der Waals surface area contributed by atoms with Crippen LogP contribution in [0.3, 0.4) is 0 Å². The summed E-state index contributed by atoms with van der Waals surface area (Å²) in [6, 6.07) is 9.90. The van der Waals surface area contributed by atoms with Crippen molar-refractivity contribution < 1.29 is 22.1 Å². The van der Waals surface area contributed by atoms with E-state index in [2.05, 4.69) is 16.5 Å². The summed E-state index contributed by atoms with van der Waals surface area (Å²) >= 11 is 0. The average molecular weight is 382 g/mol. The summed E-state index contributed by atoms with van der Waals surface area (Å²) in [7, 11) is -4.38. The van der Waals surface area contributed by atoms with Gasteiger partial charge in [-0.15, -0.1) is 0 Å². The molecule has 1 heterocycles. The molecule has 1 fully saturated rings. The Balaban J connectivity index is 1.89. The van der Waals surface area contributed by atoms with Gasteiger partial charge in [0.1, 0.15) is 11.6 Å². The van der Waals surface area contributed by atoms with Crippen molar-refractivity contribution in [2.45, 2.75) is 11.8 Å². The molecule has 0 saturated carbocycles. The molecule has 0 atom stereocenters. The number of halogens is 2. The normalized spacial score (nSPS) is 15.9. The fraction of sp³-hybridized carbons (Fsp3) is 0.333. The number of benzene rings is 2. The van der Waals surface area contributed by atoms with Crippen LogP contribution in [0.5, 0.6) is 0 Å². The van der Waals surface area contributed by atoms with Gasteiger partial charge in [-0.1, -0.05) is 18.2 Å². The molecule has 1 aliphatic rings. The number of para-hydroxylation sites is 2. The molecule has 0 bridgehead atoms. The zero-order chi connectivity index (χ0) is 18.7. The summed E-state index contributed by atoms with van der Waals surface area (Å²) in [6.07, 6.45) is 0. The molecule has 0 spiro atoms. The van der Waals surface area contributed by atoms with Gasteiger partial charge in [-0.05, 0) is 31.2 Å². The Morgan fingerprint density at radius 2 is 1.65 bits per heavy atom. The van der Waals surface area contributed by atoms with Crippen molar-refractivity contribution in [3.05, 3.63) is 54.1 Å². The number of anilines is 2. The van der Waals surface area contributed by atoms with E-state index in [-0.39, 0.29) is 0 Å². The Bertz CT molecular complexity index is 862. The van der Waals surface area contributed by atoms with E-state index in [1.165, 1.54) is 4.90 Å². The summed E-state index contributed by atoms with van der Waals surface area (Å²) in [5.74, 6) is -2.23. The molecule has 0 amide bonds. The van der Waals surface area contributed by atoms with Crippen molar-refractivity contribution in [1.82, 2.24) is 0 Å². The van der Waals surface area contributed by atoms with Crippen molar-refractivity contribution in [3.63, 3.8) is 0 Å². The van der Waals surface area contributed by atoms with Crippen molar-refractivity contribution in [2.75, 3.05) is 42.3 Å². The van der Waals surface area contributed by atoms with E-state index in [1.807, 2.05) is 12.1 Å². The number of piperazine rings is 1. The Hall–Kier alpha value is -2.19. The second kappa shape index (κ2) is 7.59. The van der Waals surface area contributed by atoms with Crippen LogP contribution in [0.4, 0.5) is 20.2 Å². The van der Waals surface area contributed by atoms with E-state index in [0.717, 1.165) is 50.9 Å². The SMILES string of the molecule is CC[NH+]1CCN(c2ccccc2NS(=O)(=O)c2c(F)cccc2F)CC1. The Kier molecular flexibility index (Phi) is 5.43. The van der Waals surface area contributed by atoms with Crippen LogP contribution in [0, 0.1) is 11.6 Å². The highest BCUT2D eigenvalue weighted by molar-refractivity contribution is 7.92. The number of likely N-dealkylation sites (N-methyl/N-ethyl adjacent to an activating group) is 1. The molecule has 2 aromatic carbocycles. The molecule has 3 rings (SSSR count). The molecule has 0 aromatic heterocycles. The molecule has 0 unspecified atom stereocenters. The van der Waals surface area contributed by atoms with Gasteiger partial charge in [0.05, 0.1) is 44.1 Å². The lowest BCUT2D eigenvalue weighted by Gasteiger charge is -2.34. The van der Waals surface area contributed by atoms with E-state index in [4.69, 9.17) is 0 Å². The Morgan fingerprint density at radius 1 is 1.04 bits per heavy atom. The van der Waals surface area contributed by atoms with Gasteiger partial charge in [0.25, 0.3) is 10.0 Å². The first-order valence-corrected chi connectivity index (χ1v) is 10.0. The molecular formula is C18H22F2N3O2S+. The van der Waals surface area contributed by atoms with Crippen LogP contribution in [-0.2, 0) is 10.0 Å². The molecule has 26 heavy (non-hydrogen) atoms. The fourth-order valence-electron chi connectivity index (χ4n) is 3.19. The van der Waals surface area contributed by atoms with E-state index < -0.39 is 26.6 Å². The van der Waals surface area contributed by atoms with Gasteiger partial charge in [0, 0.05) is 0 Å². The van der Waals surface area contributed by atoms with Crippen LogP contribution in [0.15, 0.2) is 47.4 Å². The van der Waals surface area contributed by atoms with E-state index >= 15 is 0 Å². The first-order chi connectivity index (χ1) is 12.4. The molecule has 140 valence electrons. The summed E-state index contributed by atoms with van der Waals surface area (Å²) in [5.41, 5.74) is 1.03. The number of rotatable bonds is 5. The van der Waals surface area contributed by atoms with Crippen molar-refractivity contribution in [2.24, 2.45) is 0 Å². The lowest BCUT2D eigenvalue weighted by molar-refractivity contribution is -0.898. The van der Waals surface area contributed by atoms with Crippen LogP contribution < -0.4 is 14.5 Å². The van der Waals surface area contributed by atoms with Gasteiger partial charge in [-0.25, -0.2) is 17.2 Å². The van der Waals surface area contributed by atoms with Crippen LogP contribution in [-0.4, -0.2) is 41.1 Å². The third kappa shape index (κ3) is 3.81. The van der Waals surface area contributed by atoms with Gasteiger partial charge in [0.15, 0.2) is 4.90 Å². The highest BCUT2D eigenvalue weighted by atomic mass is 32.2. The maximum absolute atomic E-state index is 13.9. The molecule has 5 nitrogen and oxygen atoms in total. The minimum Gasteiger partial charge on any atom is -0.359 e. The van der Waals surface area contributed by atoms with E-state index in [9.17, 15) is 17.2 Å². The van der Waals surface area contributed by atoms with Gasteiger partial charge >= 0.3 is 0 Å². The number of nitrogens with one attached hydrogen (secondary N) is 2. The van der Waals surface area contributed by atoms with Gasteiger partial charge in [-0.3, -0.25) is 4.72 Å². The molecule has 0 radical (unpaired) electrons. The number of hydrogen-bond acceptors (Lipinski definition) is 3. The first-order valence-electron chi connectivity index (χ1n) is 8.56. The lowest BCUT2D eigenvalue weighted by atomic mass is 10.2. The predicted molar refractivity (Wildman–Crippen MR) is 97.1 cm³/mol. The molecule has 1 aliphatic heterocycles. The standard InChI is InChI=1S/C18H21F2N3O2S/c1-2-22-10-12-23(13-11-22)17-9-4-3-8-16(17)21-26(24,25)18-14(19)6-5-7-15(18)20/h3-9,21H,2,10-13H2,1H3/p+1. The Morgan fingerprint density at radius 3 is 2.27 bits per heavy atom. The van der Waals surface area contributed by atoms with E-state index in [1.54, 1.807) is 12.1 Å². The fourth-order valence-corrected chi connectivity index (χ4v) is 4.40. The zero-order valence-corrected chi connectivity index (χ0v) is 15.3. The number of quaternary nitrogens is 1. The zero-order valence-electron chi connectivity index (χ0n) is 14.5. The monoisotopic (exact) mass is 382 g/mol. The average Bonchev–Trinajstić information content (AvgIpc) is 2.61. The molecule has 2 N–H and O–H groups in total. The third-order valence-electron chi connectivity index (χ3n) is 4.65. The van der Waals surface area contributed by atoms with Crippen LogP contribution in [0.1, 0.15) is 6.92 Å². The maximum Gasteiger partial charge on any atom is 0.267 e. The van der Waals surface area contributed by atoms with Crippen LogP contribution in [0.25, 0.3) is 0 Å². The molecular weight excluding hydrogens is 360 g/mol. The van der Waals surface area contributed by atoms with Crippen molar-refractivity contribution in [3.8, 4) is 0 Å². The van der Waals surface area contributed by atoms with Gasteiger partial charge in [0.2, 0.25) is 0 Å². The highest BCUT2D eigenvalue weighted by Gasteiger charge is 2.26. The molecule has 1 saturated heterocycles. The lowest BCUT2D eigenvalue weighted by Crippen LogP contribution is -3.14. The summed E-state index contributed by atoms with van der Waals surface area (Å²) in [5, 5.41) is 0. The predicted octanol–water partition coefficient (Wildman–Crippen LogP) is 1.49. The first kappa shape index (κ1) is 18.6. The minimum atomic E-state index is -4.38. The highest BCUT2D eigenvalue weighted by Crippen LogP contribution is 2.29. The van der Waals surface area contributed by atoms with Crippen molar-refractivity contribution in [1.29, 1.82) is 0 Å². The molecule has 0 aliphatic carbocycles. The second-order valence-corrected chi connectivity index (χ2v) is 7.88. The molecule has 2 aromatic rings. The minimum absolute atomic E-state index is 0.315. The largest absolute Gasteiger partial charge is 0.359 e. The number of sulfonamides is 1. The topological polar surface area (TPSA) is 53.9 Å².